The molecule has 0 saturated heterocycles. The van der Waals surface area contributed by atoms with Crippen LogP contribution in [0.2, 0.25) is 0 Å². The zero-order valence-corrected chi connectivity index (χ0v) is 32.7. The maximum absolute atomic E-state index is 6.26. The Morgan fingerprint density at radius 3 is 1.17 bits per heavy atom. The van der Waals surface area contributed by atoms with Crippen molar-refractivity contribution in [1.29, 1.82) is 0 Å². The number of fused-ring (bicyclic) bond motifs is 14. The molecule has 12 rings (SSSR count). The maximum Gasteiger partial charge on any atom is 0.151 e. The summed E-state index contributed by atoms with van der Waals surface area (Å²) in [6, 6.07) is 61.2. The SMILES string of the molecule is CN1c2ccccc2Oc2ccc(/C=C/c3ccc4c(c3)C3(c5ccccc5-c5ccccc53)c3cc(/C=C/c5ccc6c(c5)N(C)c5ccccc5O6)ccc3-4)cc21. The summed E-state index contributed by atoms with van der Waals surface area (Å²) < 4.78 is 12.5. The smallest absolute Gasteiger partial charge is 0.151 e. The minimum atomic E-state index is -0.454. The second kappa shape index (κ2) is 12.7. The van der Waals surface area contributed by atoms with Crippen molar-refractivity contribution < 1.29 is 9.47 Å². The van der Waals surface area contributed by atoms with E-state index < -0.39 is 5.41 Å². The van der Waals surface area contributed by atoms with Gasteiger partial charge in [-0.15, -0.1) is 0 Å². The molecule has 0 radical (unpaired) electrons. The number of anilines is 4. The molecule has 0 aromatic heterocycles. The summed E-state index contributed by atoms with van der Waals surface area (Å²) in [6.45, 7) is 0. The van der Waals surface area contributed by atoms with E-state index in [9.17, 15) is 0 Å². The number of nitrogens with zero attached hydrogens (tertiary/aromatic N) is 2. The highest BCUT2D eigenvalue weighted by atomic mass is 16.5. The van der Waals surface area contributed by atoms with Gasteiger partial charge in [-0.3, -0.25) is 0 Å². The third-order valence-corrected chi connectivity index (χ3v) is 12.7. The predicted octanol–water partition coefficient (Wildman–Crippen LogP) is 14.1. The molecular formula is C55H38N2O2. The molecule has 0 amide bonds. The third-order valence-electron chi connectivity index (χ3n) is 12.7. The van der Waals surface area contributed by atoms with E-state index >= 15 is 0 Å². The van der Waals surface area contributed by atoms with Crippen molar-refractivity contribution in [1.82, 2.24) is 0 Å². The van der Waals surface area contributed by atoms with Crippen molar-refractivity contribution in [3.8, 4) is 45.3 Å². The van der Waals surface area contributed by atoms with Crippen LogP contribution in [0.5, 0.6) is 23.0 Å². The first kappa shape index (κ1) is 33.6. The normalized spacial score (nSPS) is 14.5. The molecule has 280 valence electrons. The summed E-state index contributed by atoms with van der Waals surface area (Å²) >= 11 is 0. The highest BCUT2D eigenvalue weighted by Crippen LogP contribution is 2.63. The first-order chi connectivity index (χ1) is 29.0. The van der Waals surface area contributed by atoms with Gasteiger partial charge in [0, 0.05) is 14.1 Å². The van der Waals surface area contributed by atoms with E-state index in [0.29, 0.717) is 0 Å². The first-order valence-corrected chi connectivity index (χ1v) is 20.2. The van der Waals surface area contributed by atoms with Crippen LogP contribution in [0.4, 0.5) is 22.7 Å². The number of benzene rings is 8. The van der Waals surface area contributed by atoms with Gasteiger partial charge in [0.1, 0.15) is 0 Å². The summed E-state index contributed by atoms with van der Waals surface area (Å²) in [5, 5.41) is 0. The van der Waals surface area contributed by atoms with Crippen molar-refractivity contribution in [3.05, 3.63) is 214 Å². The predicted molar refractivity (Wildman–Crippen MR) is 243 cm³/mol. The van der Waals surface area contributed by atoms with Crippen LogP contribution in [0.1, 0.15) is 44.5 Å². The van der Waals surface area contributed by atoms with Crippen LogP contribution in [0.25, 0.3) is 46.6 Å². The molecule has 4 heteroatoms. The molecule has 0 saturated carbocycles. The topological polar surface area (TPSA) is 24.9 Å². The number of hydrogen-bond acceptors (Lipinski definition) is 4. The van der Waals surface area contributed by atoms with Crippen LogP contribution in [0.3, 0.4) is 0 Å². The van der Waals surface area contributed by atoms with E-state index in [0.717, 1.165) is 68.0 Å². The van der Waals surface area contributed by atoms with E-state index in [1.807, 2.05) is 24.3 Å². The Morgan fingerprint density at radius 1 is 0.339 bits per heavy atom. The molecule has 0 atom stereocenters. The van der Waals surface area contributed by atoms with Crippen LogP contribution in [0.15, 0.2) is 170 Å². The Bertz CT molecular complexity index is 2910. The number of ether oxygens (including phenoxy) is 2. The average molecular weight is 759 g/mol. The van der Waals surface area contributed by atoms with Crippen LogP contribution >= 0.6 is 0 Å². The molecule has 2 heterocycles. The Morgan fingerprint density at radius 2 is 0.695 bits per heavy atom. The van der Waals surface area contributed by atoms with E-state index in [2.05, 4.69) is 194 Å². The zero-order chi connectivity index (χ0) is 39.2. The monoisotopic (exact) mass is 758 g/mol. The van der Waals surface area contributed by atoms with Crippen LogP contribution in [0, 0.1) is 0 Å². The van der Waals surface area contributed by atoms with Crippen LogP contribution in [-0.4, -0.2) is 14.1 Å². The lowest BCUT2D eigenvalue weighted by Crippen LogP contribution is -2.26. The van der Waals surface area contributed by atoms with E-state index in [-0.39, 0.29) is 0 Å². The van der Waals surface area contributed by atoms with Crippen molar-refractivity contribution in [2.24, 2.45) is 0 Å². The van der Waals surface area contributed by atoms with Gasteiger partial charge in [-0.25, -0.2) is 0 Å². The Balaban J connectivity index is 0.940. The highest BCUT2D eigenvalue weighted by molar-refractivity contribution is 5.96. The lowest BCUT2D eigenvalue weighted by Gasteiger charge is -2.31. The highest BCUT2D eigenvalue weighted by Gasteiger charge is 2.51. The second-order valence-corrected chi connectivity index (χ2v) is 15.8. The van der Waals surface area contributed by atoms with Crippen molar-refractivity contribution >= 4 is 47.1 Å². The second-order valence-electron chi connectivity index (χ2n) is 15.8. The molecule has 1 spiro atoms. The standard InChI is InChI=1S/C55H38N2O2/c1-56-47-15-7-9-17-51(47)58-53-29-25-37(33-49(53)56)21-19-35-23-27-41-42-28-24-36(20-22-38-26-30-54-50(34-38)57(2)48-16-8-10-18-52(48)59-54)32-46(42)55(45(41)31-35)43-13-5-3-11-39(43)40-12-4-6-14-44(40)55/h3-34H,1-2H3/b21-19+,22-20+. The van der Waals surface area contributed by atoms with E-state index in [4.69, 9.17) is 9.47 Å². The molecule has 4 aliphatic rings. The number of para-hydroxylation sites is 4. The van der Waals surface area contributed by atoms with Gasteiger partial charge >= 0.3 is 0 Å². The summed E-state index contributed by atoms with van der Waals surface area (Å²) in [7, 11) is 4.20. The molecule has 59 heavy (non-hydrogen) atoms. The van der Waals surface area contributed by atoms with Gasteiger partial charge < -0.3 is 19.3 Å². The fourth-order valence-electron chi connectivity index (χ4n) is 9.88. The molecule has 0 unspecified atom stereocenters. The average Bonchev–Trinajstić information content (AvgIpc) is 3.74. The molecule has 4 nitrogen and oxygen atoms in total. The van der Waals surface area contributed by atoms with E-state index in [1.165, 1.54) is 44.5 Å². The van der Waals surface area contributed by atoms with Crippen LogP contribution in [-0.2, 0) is 5.41 Å². The van der Waals surface area contributed by atoms with Gasteiger partial charge in [0.15, 0.2) is 23.0 Å². The maximum atomic E-state index is 6.26. The minimum absolute atomic E-state index is 0.454. The molecule has 8 aromatic carbocycles. The Kier molecular flexibility index (Phi) is 7.24. The van der Waals surface area contributed by atoms with Gasteiger partial charge in [0.05, 0.1) is 28.2 Å². The molecule has 0 fully saturated rings. The van der Waals surface area contributed by atoms with Crippen molar-refractivity contribution in [3.63, 3.8) is 0 Å². The third kappa shape index (κ3) is 4.96. The summed E-state index contributed by atoms with van der Waals surface area (Å²) in [4.78, 5) is 4.42. The lowest BCUT2D eigenvalue weighted by molar-refractivity contribution is 0.475. The van der Waals surface area contributed by atoms with Crippen molar-refractivity contribution in [2.75, 3.05) is 23.9 Å². The zero-order valence-electron chi connectivity index (χ0n) is 32.7. The summed E-state index contributed by atoms with van der Waals surface area (Å²) in [6.07, 6.45) is 8.93. The van der Waals surface area contributed by atoms with Gasteiger partial charge in [-0.2, -0.15) is 0 Å². The first-order valence-electron chi connectivity index (χ1n) is 20.2. The largest absolute Gasteiger partial charge is 0.453 e. The van der Waals surface area contributed by atoms with Gasteiger partial charge in [-0.1, -0.05) is 133 Å². The fraction of sp³-hybridized carbons (Fsp3) is 0.0545. The fourth-order valence-corrected chi connectivity index (χ4v) is 9.88. The quantitative estimate of drug-likeness (QED) is 0.167. The number of hydrogen-bond donors (Lipinski definition) is 0. The lowest BCUT2D eigenvalue weighted by atomic mass is 9.70. The number of rotatable bonds is 4. The Labute approximate surface area is 344 Å². The van der Waals surface area contributed by atoms with Crippen molar-refractivity contribution in [2.45, 2.75) is 5.41 Å². The van der Waals surface area contributed by atoms with E-state index in [1.54, 1.807) is 0 Å². The Hall–Kier alpha value is -7.56. The van der Waals surface area contributed by atoms with Crippen LogP contribution < -0.4 is 19.3 Å². The molecule has 2 aliphatic heterocycles. The van der Waals surface area contributed by atoms with Gasteiger partial charge in [0.25, 0.3) is 0 Å². The summed E-state index contributed by atoms with van der Waals surface area (Å²) in [5.41, 5.74) is 18.8. The van der Waals surface area contributed by atoms with Gasteiger partial charge in [-0.05, 0) is 127 Å². The van der Waals surface area contributed by atoms with Gasteiger partial charge in [0.2, 0.25) is 0 Å². The molecule has 0 N–H and O–H groups in total. The molecular weight excluding hydrogens is 721 g/mol. The molecule has 8 aromatic rings. The molecule has 0 bridgehead atoms. The minimum Gasteiger partial charge on any atom is -0.453 e. The molecule has 2 aliphatic carbocycles. The summed E-state index contributed by atoms with van der Waals surface area (Å²) in [5.74, 6) is 3.48.